The summed E-state index contributed by atoms with van der Waals surface area (Å²) in [5.41, 5.74) is -0.000741. The number of aliphatic carboxylic acids is 1. The number of alkyl halides is 3. The number of hydrogen-bond donors (Lipinski definition) is 3. The van der Waals surface area contributed by atoms with Gasteiger partial charge in [-0.25, -0.2) is 0 Å². The van der Waals surface area contributed by atoms with Crippen LogP contribution in [0.1, 0.15) is 41.2 Å². The maximum atomic E-state index is 13.6. The fourth-order valence-electron chi connectivity index (χ4n) is 7.95. The van der Waals surface area contributed by atoms with Gasteiger partial charge in [-0.05, 0) is 66.5 Å². The number of carbonyl (C=O) groups excluding carboxylic acids is 3. The highest BCUT2D eigenvalue weighted by atomic mass is 32.2. The largest absolute Gasteiger partial charge is 0.484 e. The van der Waals surface area contributed by atoms with Gasteiger partial charge in [-0.1, -0.05) is 29.5 Å². The Kier molecular flexibility index (Phi) is 7.94. The van der Waals surface area contributed by atoms with Gasteiger partial charge < -0.3 is 20.1 Å². The molecular formula is C32H28F3N3O7S2. The topological polar surface area (TPSA) is 146 Å². The molecule has 0 spiro atoms. The molecule has 3 heterocycles. The number of imide groups is 1. The first kappa shape index (κ1) is 31.5. The van der Waals surface area contributed by atoms with E-state index in [0.29, 0.717) is 5.75 Å². The number of ether oxygens (including phenoxy) is 1. The highest BCUT2D eigenvalue weighted by Crippen LogP contribution is 2.68. The molecule has 1 saturated heterocycles. The molecule has 3 amide bonds. The first-order valence-electron chi connectivity index (χ1n) is 15.1. The van der Waals surface area contributed by atoms with Crippen LogP contribution in [0.3, 0.4) is 0 Å². The summed E-state index contributed by atoms with van der Waals surface area (Å²) >= 11 is 2.69. The van der Waals surface area contributed by atoms with Gasteiger partial charge >= 0.3 is 17.0 Å². The molecule has 1 aromatic heterocycles. The van der Waals surface area contributed by atoms with E-state index in [2.05, 4.69) is 10.3 Å². The van der Waals surface area contributed by atoms with Crippen LogP contribution in [0.4, 0.5) is 18.9 Å². The number of carboxylic acids is 1. The Bertz CT molecular complexity index is 1820. The maximum Gasteiger partial charge on any atom is 0.416 e. The number of aromatic amines is 1. The Labute approximate surface area is 273 Å². The van der Waals surface area contributed by atoms with Crippen molar-refractivity contribution in [2.45, 2.75) is 41.6 Å². The summed E-state index contributed by atoms with van der Waals surface area (Å²) in [4.78, 5) is 67.8. The molecule has 4 aliphatic rings. The number of likely N-dealkylation sites (tertiary alicyclic amines) is 1. The lowest BCUT2D eigenvalue weighted by molar-refractivity contribution is -0.142. The van der Waals surface area contributed by atoms with Crippen molar-refractivity contribution >= 4 is 52.5 Å². The van der Waals surface area contributed by atoms with Gasteiger partial charge in [0.2, 0.25) is 11.8 Å². The van der Waals surface area contributed by atoms with Crippen molar-refractivity contribution in [3.05, 3.63) is 74.2 Å². The van der Waals surface area contributed by atoms with Crippen molar-refractivity contribution in [2.75, 3.05) is 18.5 Å². The van der Waals surface area contributed by atoms with Gasteiger partial charge in [0, 0.05) is 34.7 Å². The number of hydrogen-bond acceptors (Lipinski definition) is 8. The van der Waals surface area contributed by atoms with E-state index in [1.54, 1.807) is 23.9 Å². The summed E-state index contributed by atoms with van der Waals surface area (Å²) in [5, 5.41) is 12.2. The average Bonchev–Trinajstić information content (AvgIpc) is 3.76. The first-order valence-corrected chi connectivity index (χ1v) is 16.8. The zero-order valence-corrected chi connectivity index (χ0v) is 26.1. The zero-order chi connectivity index (χ0) is 33.2. The van der Waals surface area contributed by atoms with Crippen molar-refractivity contribution in [2.24, 2.45) is 29.6 Å². The van der Waals surface area contributed by atoms with Gasteiger partial charge in [0.05, 0.1) is 22.4 Å². The number of fused-ring (bicyclic) bond motifs is 9. The lowest BCUT2D eigenvalue weighted by atomic mass is 9.68. The van der Waals surface area contributed by atoms with Crippen LogP contribution < -0.4 is 14.9 Å². The highest BCUT2D eigenvalue weighted by Gasteiger charge is 2.69. The second-order valence-electron chi connectivity index (χ2n) is 12.3. The van der Waals surface area contributed by atoms with Crippen LogP contribution in [0.15, 0.2) is 58.4 Å². The molecule has 2 bridgehead atoms. The zero-order valence-electron chi connectivity index (χ0n) is 24.5. The third-order valence-electron chi connectivity index (χ3n) is 9.67. The number of thioether (sulfide) groups is 1. The Morgan fingerprint density at radius 1 is 1.04 bits per heavy atom. The Balaban J connectivity index is 1.08. The predicted octanol–water partition coefficient (Wildman–Crippen LogP) is 4.81. The second-order valence-corrected chi connectivity index (χ2v) is 14.5. The number of thiazole rings is 1. The van der Waals surface area contributed by atoms with E-state index < -0.39 is 42.1 Å². The van der Waals surface area contributed by atoms with Crippen LogP contribution >= 0.6 is 23.1 Å². The number of anilines is 1. The molecule has 2 aliphatic heterocycles. The van der Waals surface area contributed by atoms with Crippen LogP contribution in [0.2, 0.25) is 0 Å². The van der Waals surface area contributed by atoms with Crippen LogP contribution in [0.5, 0.6) is 5.75 Å². The molecular weight excluding hydrogens is 659 g/mol. The third kappa shape index (κ3) is 5.62. The van der Waals surface area contributed by atoms with Gasteiger partial charge in [-0.2, -0.15) is 13.2 Å². The summed E-state index contributed by atoms with van der Waals surface area (Å²) in [6.07, 6.45) is -3.75. The molecule has 3 aromatic rings. The van der Waals surface area contributed by atoms with E-state index in [-0.39, 0.29) is 70.7 Å². The highest BCUT2D eigenvalue weighted by molar-refractivity contribution is 8.00. The Morgan fingerprint density at radius 3 is 2.47 bits per heavy atom. The molecule has 3 fully saturated rings. The number of carbonyl (C=O) groups is 4. The Morgan fingerprint density at radius 2 is 1.77 bits per heavy atom. The lowest BCUT2D eigenvalue weighted by Crippen LogP contribution is -2.42. The van der Waals surface area contributed by atoms with Crippen molar-refractivity contribution < 1.29 is 42.2 Å². The molecule has 7 atom stereocenters. The van der Waals surface area contributed by atoms with Crippen LogP contribution in [0.25, 0.3) is 0 Å². The van der Waals surface area contributed by atoms with E-state index in [0.717, 1.165) is 45.4 Å². The van der Waals surface area contributed by atoms with Crippen LogP contribution in [0, 0.1) is 29.6 Å². The number of halogens is 3. The molecule has 3 N–H and O–H groups in total. The van der Waals surface area contributed by atoms with Gasteiger partial charge in [0.25, 0.3) is 5.91 Å². The quantitative estimate of drug-likeness (QED) is 0.272. The number of nitrogens with zero attached hydrogens (tertiary/aromatic N) is 1. The fourth-order valence-corrected chi connectivity index (χ4v) is 10.8. The van der Waals surface area contributed by atoms with Gasteiger partial charge in [-0.15, -0.1) is 11.8 Å². The number of carboxylic acid groups (broad SMARTS) is 1. The van der Waals surface area contributed by atoms with Crippen LogP contribution in [-0.4, -0.2) is 57.1 Å². The van der Waals surface area contributed by atoms with Gasteiger partial charge in [0.1, 0.15) is 5.75 Å². The third-order valence-corrected chi connectivity index (χ3v) is 12.3. The molecule has 10 nitrogen and oxygen atoms in total. The molecule has 7 rings (SSSR count). The molecule has 246 valence electrons. The summed E-state index contributed by atoms with van der Waals surface area (Å²) in [7, 11) is 0. The number of aromatic nitrogens is 1. The summed E-state index contributed by atoms with van der Waals surface area (Å²) < 4.78 is 44.6. The minimum absolute atomic E-state index is 0.00445. The number of H-pyrrole nitrogens is 1. The SMILES string of the molecule is O=C(O)CCCN1C(=O)C2C3CC(C2C1=O)C1C3Sc2[nH]c(=O)sc2[C@@H]1c1ccc(OCC(=O)Nc2cccc(C(F)(F)F)c2)cc1. The summed E-state index contributed by atoms with van der Waals surface area (Å²) in [5.74, 6) is -3.03. The van der Waals surface area contributed by atoms with E-state index in [1.165, 1.54) is 17.0 Å². The molecule has 2 saturated carbocycles. The molecule has 15 heteroatoms. The Hall–Kier alpha value is -4.11. The van der Waals surface area contributed by atoms with E-state index in [9.17, 15) is 37.1 Å². The summed E-state index contributed by atoms with van der Waals surface area (Å²) in [6.45, 7) is -0.349. The van der Waals surface area contributed by atoms with E-state index in [4.69, 9.17) is 9.84 Å². The van der Waals surface area contributed by atoms with E-state index >= 15 is 0 Å². The lowest BCUT2D eigenvalue weighted by Gasteiger charge is -2.43. The average molecular weight is 688 g/mol. The minimum Gasteiger partial charge on any atom is -0.484 e. The number of rotatable bonds is 9. The standard InChI is InChI=1S/C32H28F3N3O7S2/c33-32(34,35)15-3-1-4-16(11-15)36-20(39)13-45-17-8-6-14(7-9-17)22-23-18-12-19(26(23)46-28-27(22)47-31(44)37-28)25-24(18)29(42)38(30(25)43)10-2-5-21(40)41/h1,3-4,6-9,11,18-19,22-26H,2,5,10,12-13H2,(H,36,39)(H,37,44)(H,40,41)/t18?,19?,22-,23?,24?,25?,26?/m1/s1. The van der Waals surface area contributed by atoms with E-state index in [1.807, 2.05) is 12.1 Å². The molecule has 2 aliphatic carbocycles. The smallest absolute Gasteiger partial charge is 0.416 e. The molecule has 0 radical (unpaired) electrons. The molecule has 47 heavy (non-hydrogen) atoms. The second kappa shape index (κ2) is 11.8. The maximum absolute atomic E-state index is 13.6. The normalized spacial score (nSPS) is 27.4. The van der Waals surface area contributed by atoms with Crippen molar-refractivity contribution in [1.82, 2.24) is 9.88 Å². The van der Waals surface area contributed by atoms with Crippen molar-refractivity contribution in [3.63, 3.8) is 0 Å². The molecule has 2 aromatic carbocycles. The van der Waals surface area contributed by atoms with Crippen LogP contribution in [-0.2, 0) is 25.4 Å². The van der Waals surface area contributed by atoms with Gasteiger partial charge in [-0.3, -0.25) is 28.9 Å². The monoisotopic (exact) mass is 687 g/mol. The van der Waals surface area contributed by atoms with Crippen molar-refractivity contribution in [1.29, 1.82) is 0 Å². The molecule has 6 unspecified atom stereocenters. The minimum atomic E-state index is -4.54. The number of nitrogens with one attached hydrogen (secondary N) is 2. The summed E-state index contributed by atoms with van der Waals surface area (Å²) in [6, 6.07) is 11.4. The number of benzene rings is 2. The first-order chi connectivity index (χ1) is 22.4. The predicted molar refractivity (Wildman–Crippen MR) is 164 cm³/mol. The van der Waals surface area contributed by atoms with Gasteiger partial charge in [0.15, 0.2) is 6.61 Å². The number of amides is 3. The fraction of sp³-hybridized carbons (Fsp3) is 0.406. The van der Waals surface area contributed by atoms with Crippen molar-refractivity contribution in [3.8, 4) is 5.75 Å².